The van der Waals surface area contributed by atoms with Crippen LogP contribution in [0.25, 0.3) is 33.7 Å². The lowest BCUT2D eigenvalue weighted by molar-refractivity contribution is 0.255. The van der Waals surface area contributed by atoms with E-state index in [2.05, 4.69) is 168 Å². The highest BCUT2D eigenvalue weighted by Gasteiger charge is 2.29. The molecule has 0 radical (unpaired) electrons. The molecule has 10 rings (SSSR count). The third-order valence-electron chi connectivity index (χ3n) is 10.2. The molecule has 2 atom stereocenters. The molecular formula is C50H36N4O2. The molecule has 7 aromatic carbocycles. The van der Waals surface area contributed by atoms with Crippen molar-refractivity contribution in [1.29, 1.82) is 0 Å². The Morgan fingerprint density at radius 3 is 1.38 bits per heavy atom. The summed E-state index contributed by atoms with van der Waals surface area (Å²) >= 11 is 0. The number of rotatable bonds is 9. The van der Waals surface area contributed by atoms with Crippen molar-refractivity contribution < 1.29 is 9.15 Å². The number of oxazole rings is 1. The Labute approximate surface area is 325 Å². The molecule has 6 heteroatoms. The largest absolute Gasteiger partial charge is 0.467 e. The second kappa shape index (κ2) is 14.4. The van der Waals surface area contributed by atoms with Crippen LogP contribution in [-0.4, -0.2) is 23.0 Å². The molecule has 56 heavy (non-hydrogen) atoms. The van der Waals surface area contributed by atoms with Crippen LogP contribution < -0.4 is 9.80 Å². The van der Waals surface area contributed by atoms with Crippen molar-refractivity contribution in [2.24, 2.45) is 4.99 Å². The molecule has 268 valence electrons. The van der Waals surface area contributed by atoms with Crippen molar-refractivity contribution in [3.63, 3.8) is 0 Å². The summed E-state index contributed by atoms with van der Waals surface area (Å²) in [6.07, 6.45) is 8.17. The molecule has 0 fully saturated rings. The van der Waals surface area contributed by atoms with Gasteiger partial charge in [0.25, 0.3) is 0 Å². The van der Waals surface area contributed by atoms with E-state index in [0.29, 0.717) is 11.8 Å². The number of hydrogen-bond acceptors (Lipinski definition) is 6. The average molecular weight is 725 g/mol. The van der Waals surface area contributed by atoms with Crippen LogP contribution >= 0.6 is 0 Å². The van der Waals surface area contributed by atoms with E-state index in [9.17, 15) is 0 Å². The quantitative estimate of drug-likeness (QED) is 0.148. The summed E-state index contributed by atoms with van der Waals surface area (Å²) in [7, 11) is 0. The van der Waals surface area contributed by atoms with Gasteiger partial charge in [0, 0.05) is 45.3 Å². The number of aliphatic imine (C=N–C) groups is 1. The standard InChI is InChI=1S/C50H36N4O2/c1-3-11-39(12-4-1)53(43-31-23-37(24-32-43)49-51-45-15-7-9-17-47(45)55-49)41-27-19-35(20-28-41)36-21-29-42(30-22-36)54(40-13-5-2-6-14-40)44-33-25-38(26-34-44)50-52-46-16-8-10-18-48(46)56-50/h1-34,45,47H. The zero-order valence-corrected chi connectivity index (χ0v) is 30.4. The van der Waals surface area contributed by atoms with E-state index >= 15 is 0 Å². The van der Waals surface area contributed by atoms with Gasteiger partial charge in [-0.25, -0.2) is 9.98 Å². The van der Waals surface area contributed by atoms with E-state index in [1.165, 1.54) is 0 Å². The van der Waals surface area contributed by atoms with Crippen LogP contribution in [0, 0.1) is 0 Å². The lowest BCUT2D eigenvalue weighted by Crippen LogP contribution is -2.19. The van der Waals surface area contributed by atoms with Crippen molar-refractivity contribution in [3.05, 3.63) is 212 Å². The molecule has 0 bridgehead atoms. The number of anilines is 6. The van der Waals surface area contributed by atoms with Crippen molar-refractivity contribution in [2.45, 2.75) is 12.1 Å². The molecule has 1 aromatic heterocycles. The fourth-order valence-corrected chi connectivity index (χ4v) is 7.39. The van der Waals surface area contributed by atoms with E-state index in [1.54, 1.807) is 0 Å². The highest BCUT2D eigenvalue weighted by atomic mass is 16.5. The SMILES string of the molecule is C1=CC2N=C(c3ccc(N(c4ccccc4)c4ccc(-c5ccc(N(c6ccccc6)c6ccc(-c7nc8ccccc8o7)cc6)cc5)cc4)cc3)OC2C=C1. The van der Waals surface area contributed by atoms with Gasteiger partial charge < -0.3 is 19.0 Å². The third kappa shape index (κ3) is 6.43. The molecule has 2 aliphatic rings. The van der Waals surface area contributed by atoms with Crippen LogP contribution in [-0.2, 0) is 4.74 Å². The van der Waals surface area contributed by atoms with E-state index in [0.717, 1.165) is 67.5 Å². The maximum Gasteiger partial charge on any atom is 0.227 e. The Bertz CT molecular complexity index is 2670. The number of hydrogen-bond donors (Lipinski definition) is 0. The number of benzene rings is 7. The monoisotopic (exact) mass is 724 g/mol. The molecule has 1 aliphatic heterocycles. The number of ether oxygens (including phenoxy) is 1. The van der Waals surface area contributed by atoms with E-state index in [1.807, 2.05) is 48.6 Å². The van der Waals surface area contributed by atoms with Gasteiger partial charge in [0.2, 0.25) is 11.8 Å². The summed E-state index contributed by atoms with van der Waals surface area (Å²) in [4.78, 5) is 14.0. The van der Waals surface area contributed by atoms with Gasteiger partial charge in [-0.1, -0.05) is 91.0 Å². The summed E-state index contributed by atoms with van der Waals surface area (Å²) in [5.41, 5.74) is 12.2. The van der Waals surface area contributed by atoms with E-state index in [-0.39, 0.29) is 12.1 Å². The first-order valence-corrected chi connectivity index (χ1v) is 18.8. The van der Waals surface area contributed by atoms with Crippen LogP contribution in [0.5, 0.6) is 0 Å². The Morgan fingerprint density at radius 2 is 0.857 bits per heavy atom. The minimum atomic E-state index is -0.0292. The number of fused-ring (bicyclic) bond motifs is 2. The van der Waals surface area contributed by atoms with Crippen LogP contribution in [0.3, 0.4) is 0 Å². The summed E-state index contributed by atoms with van der Waals surface area (Å²) in [5.74, 6) is 1.30. The molecule has 2 heterocycles. The number of nitrogens with zero attached hydrogens (tertiary/aromatic N) is 4. The fraction of sp³-hybridized carbons (Fsp3) is 0.0400. The first-order chi connectivity index (χ1) is 27.7. The van der Waals surface area contributed by atoms with Crippen molar-refractivity contribution in [3.8, 4) is 22.6 Å². The Morgan fingerprint density at radius 1 is 0.411 bits per heavy atom. The van der Waals surface area contributed by atoms with Gasteiger partial charge in [-0.2, -0.15) is 0 Å². The molecule has 0 N–H and O–H groups in total. The van der Waals surface area contributed by atoms with Crippen molar-refractivity contribution >= 4 is 51.1 Å². The maximum atomic E-state index is 6.16. The molecule has 0 amide bonds. The highest BCUT2D eigenvalue weighted by molar-refractivity contribution is 5.96. The third-order valence-corrected chi connectivity index (χ3v) is 10.2. The Kier molecular flexibility index (Phi) is 8.54. The second-order valence-electron chi connectivity index (χ2n) is 13.8. The smallest absolute Gasteiger partial charge is 0.227 e. The Balaban J connectivity index is 0.914. The summed E-state index contributed by atoms with van der Waals surface area (Å²) in [5, 5.41) is 0. The summed E-state index contributed by atoms with van der Waals surface area (Å²) in [6, 6.07) is 63.1. The lowest BCUT2D eigenvalue weighted by atomic mass is 10.0. The molecule has 8 aromatic rings. The average Bonchev–Trinajstić information content (AvgIpc) is 3.91. The highest BCUT2D eigenvalue weighted by Crippen LogP contribution is 2.39. The van der Waals surface area contributed by atoms with Gasteiger partial charge in [-0.15, -0.1) is 0 Å². The number of allylic oxidation sites excluding steroid dienone is 2. The first kappa shape index (κ1) is 33.2. The molecule has 2 unspecified atom stereocenters. The molecule has 6 nitrogen and oxygen atoms in total. The fourth-order valence-electron chi connectivity index (χ4n) is 7.39. The molecular weight excluding hydrogens is 689 g/mol. The molecule has 0 spiro atoms. The van der Waals surface area contributed by atoms with Crippen LogP contribution in [0.2, 0.25) is 0 Å². The van der Waals surface area contributed by atoms with Gasteiger partial charge in [0.05, 0.1) is 0 Å². The van der Waals surface area contributed by atoms with Crippen LogP contribution in [0.15, 0.2) is 216 Å². The number of para-hydroxylation sites is 4. The second-order valence-corrected chi connectivity index (χ2v) is 13.8. The summed E-state index contributed by atoms with van der Waals surface area (Å²) in [6.45, 7) is 0. The molecule has 0 saturated carbocycles. The zero-order valence-electron chi connectivity index (χ0n) is 30.4. The normalized spacial score (nSPS) is 15.6. The molecule has 0 saturated heterocycles. The molecule has 1 aliphatic carbocycles. The van der Waals surface area contributed by atoms with E-state index < -0.39 is 0 Å². The minimum Gasteiger partial charge on any atom is -0.467 e. The Hall–Kier alpha value is -7.44. The van der Waals surface area contributed by atoms with Gasteiger partial charge in [0.15, 0.2) is 5.58 Å². The van der Waals surface area contributed by atoms with Crippen LogP contribution in [0.1, 0.15) is 5.56 Å². The lowest BCUT2D eigenvalue weighted by Gasteiger charge is -2.26. The van der Waals surface area contributed by atoms with Gasteiger partial charge >= 0.3 is 0 Å². The predicted octanol–water partition coefficient (Wildman–Crippen LogP) is 12.7. The van der Waals surface area contributed by atoms with Crippen LogP contribution in [0.4, 0.5) is 34.1 Å². The zero-order chi connectivity index (χ0) is 37.3. The predicted molar refractivity (Wildman–Crippen MR) is 228 cm³/mol. The van der Waals surface area contributed by atoms with Gasteiger partial charge in [-0.05, 0) is 126 Å². The minimum absolute atomic E-state index is 0.0292. The topological polar surface area (TPSA) is 54.1 Å². The first-order valence-electron chi connectivity index (χ1n) is 18.8. The van der Waals surface area contributed by atoms with Crippen molar-refractivity contribution in [1.82, 2.24) is 4.98 Å². The number of aromatic nitrogens is 1. The van der Waals surface area contributed by atoms with Crippen molar-refractivity contribution in [2.75, 3.05) is 9.80 Å². The van der Waals surface area contributed by atoms with E-state index in [4.69, 9.17) is 19.1 Å². The van der Waals surface area contributed by atoms with Gasteiger partial charge in [0.1, 0.15) is 17.7 Å². The maximum absolute atomic E-state index is 6.16. The van der Waals surface area contributed by atoms with Gasteiger partial charge in [-0.3, -0.25) is 0 Å². The summed E-state index contributed by atoms with van der Waals surface area (Å²) < 4.78 is 12.2.